The van der Waals surface area contributed by atoms with E-state index in [2.05, 4.69) is 0 Å². The highest BCUT2D eigenvalue weighted by atomic mass is 16.6. The van der Waals surface area contributed by atoms with Crippen LogP contribution in [0.2, 0.25) is 0 Å². The molecule has 0 spiro atoms. The fourth-order valence-corrected chi connectivity index (χ4v) is 1.43. The highest BCUT2D eigenvalue weighted by molar-refractivity contribution is 5.91. The Bertz CT molecular complexity index is 446. The van der Waals surface area contributed by atoms with Gasteiger partial charge in [0, 0.05) is 6.07 Å². The van der Waals surface area contributed by atoms with Gasteiger partial charge >= 0.3 is 5.97 Å². The van der Waals surface area contributed by atoms with Crippen LogP contribution in [-0.2, 0) is 4.74 Å². The second kappa shape index (κ2) is 6.58. The van der Waals surface area contributed by atoms with Crippen LogP contribution in [-0.4, -0.2) is 17.5 Å². The number of unbranched alkanes of at least 4 members (excludes halogenated alkanes) is 2. The monoisotopic (exact) mass is 252 g/mol. The van der Waals surface area contributed by atoms with Crippen molar-refractivity contribution in [3.05, 3.63) is 33.9 Å². The van der Waals surface area contributed by atoms with Crippen molar-refractivity contribution >= 4 is 17.3 Å². The summed E-state index contributed by atoms with van der Waals surface area (Å²) in [6, 6.07) is 3.89. The van der Waals surface area contributed by atoms with Gasteiger partial charge in [0.25, 0.3) is 5.69 Å². The summed E-state index contributed by atoms with van der Waals surface area (Å²) in [5.74, 6) is -0.561. The van der Waals surface area contributed by atoms with E-state index in [9.17, 15) is 14.9 Å². The molecule has 0 saturated heterocycles. The van der Waals surface area contributed by atoms with Crippen LogP contribution in [0.25, 0.3) is 0 Å². The lowest BCUT2D eigenvalue weighted by molar-refractivity contribution is -0.383. The molecule has 0 fully saturated rings. The second-order valence-electron chi connectivity index (χ2n) is 3.87. The van der Waals surface area contributed by atoms with Crippen LogP contribution in [0.5, 0.6) is 0 Å². The molecule has 0 unspecified atom stereocenters. The molecule has 1 aromatic rings. The van der Waals surface area contributed by atoms with Crippen molar-refractivity contribution in [3.63, 3.8) is 0 Å². The number of benzene rings is 1. The Morgan fingerprint density at radius 1 is 1.44 bits per heavy atom. The standard InChI is InChI=1S/C12H16N2O4/c1-2-3-4-7-18-12(15)9-5-6-10(13)11(8-9)14(16)17/h5-6,8H,2-4,7,13H2,1H3. The van der Waals surface area contributed by atoms with Crippen molar-refractivity contribution < 1.29 is 14.5 Å². The summed E-state index contributed by atoms with van der Waals surface area (Å²) >= 11 is 0. The molecule has 1 aromatic carbocycles. The lowest BCUT2D eigenvalue weighted by Crippen LogP contribution is -2.07. The van der Waals surface area contributed by atoms with Gasteiger partial charge in [-0.25, -0.2) is 4.79 Å². The van der Waals surface area contributed by atoms with Gasteiger partial charge in [0.05, 0.1) is 17.1 Å². The smallest absolute Gasteiger partial charge is 0.338 e. The summed E-state index contributed by atoms with van der Waals surface area (Å²) in [4.78, 5) is 21.7. The largest absolute Gasteiger partial charge is 0.462 e. The molecular weight excluding hydrogens is 236 g/mol. The first-order chi connectivity index (χ1) is 8.56. The zero-order valence-electron chi connectivity index (χ0n) is 10.2. The van der Waals surface area contributed by atoms with E-state index >= 15 is 0 Å². The number of nitro groups is 1. The van der Waals surface area contributed by atoms with Gasteiger partial charge in [0.1, 0.15) is 5.69 Å². The van der Waals surface area contributed by atoms with Crippen LogP contribution in [0.15, 0.2) is 18.2 Å². The Hall–Kier alpha value is -2.11. The molecule has 0 aliphatic rings. The van der Waals surface area contributed by atoms with E-state index in [1.54, 1.807) is 0 Å². The number of hydrogen-bond acceptors (Lipinski definition) is 5. The number of carbonyl (C=O) groups excluding carboxylic acids is 1. The molecule has 0 aliphatic heterocycles. The number of nitrogen functional groups attached to an aromatic ring is 1. The first kappa shape index (κ1) is 14.0. The maximum Gasteiger partial charge on any atom is 0.338 e. The normalized spacial score (nSPS) is 10.1. The molecule has 0 amide bonds. The molecular formula is C12H16N2O4. The SMILES string of the molecule is CCCCCOC(=O)c1ccc(N)c([N+](=O)[O-])c1. The molecule has 0 bridgehead atoms. The van der Waals surface area contributed by atoms with Crippen molar-refractivity contribution in [1.29, 1.82) is 0 Å². The summed E-state index contributed by atoms with van der Waals surface area (Å²) in [7, 11) is 0. The molecule has 0 aromatic heterocycles. The topological polar surface area (TPSA) is 95.5 Å². The minimum Gasteiger partial charge on any atom is -0.462 e. The Kier molecular flexibility index (Phi) is 5.10. The minimum absolute atomic E-state index is 0.0301. The van der Waals surface area contributed by atoms with Crippen LogP contribution in [0.3, 0.4) is 0 Å². The molecule has 0 radical (unpaired) electrons. The van der Waals surface area contributed by atoms with E-state index in [4.69, 9.17) is 10.5 Å². The third-order valence-electron chi connectivity index (χ3n) is 2.44. The van der Waals surface area contributed by atoms with Crippen LogP contribution in [0.4, 0.5) is 11.4 Å². The zero-order valence-corrected chi connectivity index (χ0v) is 10.2. The fraction of sp³-hybridized carbons (Fsp3) is 0.417. The van der Waals surface area contributed by atoms with E-state index < -0.39 is 10.9 Å². The molecule has 1 rings (SSSR count). The predicted octanol–water partition coefficient (Wildman–Crippen LogP) is 2.52. The summed E-state index contributed by atoms with van der Waals surface area (Å²) in [6.07, 6.45) is 2.80. The van der Waals surface area contributed by atoms with E-state index in [1.807, 2.05) is 6.92 Å². The summed E-state index contributed by atoms with van der Waals surface area (Å²) in [5.41, 5.74) is 5.33. The first-order valence-electron chi connectivity index (χ1n) is 5.77. The maximum atomic E-state index is 11.6. The van der Waals surface area contributed by atoms with E-state index in [0.717, 1.165) is 25.3 Å². The number of nitro benzene ring substituents is 1. The Balaban J connectivity index is 2.68. The van der Waals surface area contributed by atoms with Gasteiger partial charge in [0.15, 0.2) is 0 Å². The van der Waals surface area contributed by atoms with Crippen molar-refractivity contribution in [2.24, 2.45) is 0 Å². The summed E-state index contributed by atoms with van der Waals surface area (Å²) in [6.45, 7) is 2.37. The molecule has 6 heteroatoms. The molecule has 0 aliphatic carbocycles. The van der Waals surface area contributed by atoms with Crippen LogP contribution < -0.4 is 5.73 Å². The Labute approximate surface area is 105 Å². The van der Waals surface area contributed by atoms with Crippen LogP contribution >= 0.6 is 0 Å². The number of ether oxygens (including phenoxy) is 1. The van der Waals surface area contributed by atoms with Gasteiger partial charge in [-0.3, -0.25) is 10.1 Å². The van der Waals surface area contributed by atoms with E-state index in [0.29, 0.717) is 6.61 Å². The van der Waals surface area contributed by atoms with Gasteiger partial charge in [-0.2, -0.15) is 0 Å². The average Bonchev–Trinajstić information content (AvgIpc) is 2.34. The number of esters is 1. The molecule has 6 nitrogen and oxygen atoms in total. The average molecular weight is 252 g/mol. The minimum atomic E-state index is -0.622. The van der Waals surface area contributed by atoms with Gasteiger partial charge in [-0.15, -0.1) is 0 Å². The number of carbonyl (C=O) groups is 1. The first-order valence-corrected chi connectivity index (χ1v) is 5.77. The van der Waals surface area contributed by atoms with Crippen LogP contribution in [0, 0.1) is 10.1 Å². The van der Waals surface area contributed by atoms with Crippen molar-refractivity contribution in [3.8, 4) is 0 Å². The van der Waals surface area contributed by atoms with Crippen LogP contribution in [0.1, 0.15) is 36.5 Å². The van der Waals surface area contributed by atoms with Gasteiger partial charge in [-0.1, -0.05) is 19.8 Å². The van der Waals surface area contributed by atoms with E-state index in [-0.39, 0.29) is 16.9 Å². The third kappa shape index (κ3) is 3.73. The number of hydrogen-bond donors (Lipinski definition) is 1. The molecule has 2 N–H and O–H groups in total. The Morgan fingerprint density at radius 3 is 2.78 bits per heavy atom. The van der Waals surface area contributed by atoms with Crippen molar-refractivity contribution in [2.45, 2.75) is 26.2 Å². The number of rotatable bonds is 6. The van der Waals surface area contributed by atoms with Gasteiger partial charge in [0.2, 0.25) is 0 Å². The molecule has 0 heterocycles. The summed E-state index contributed by atoms with van der Waals surface area (Å²) in [5, 5.41) is 10.7. The quantitative estimate of drug-likeness (QED) is 0.276. The highest BCUT2D eigenvalue weighted by Crippen LogP contribution is 2.22. The predicted molar refractivity (Wildman–Crippen MR) is 67.3 cm³/mol. The Morgan fingerprint density at radius 2 is 2.17 bits per heavy atom. The summed E-state index contributed by atoms with van der Waals surface area (Å²) < 4.78 is 5.00. The number of nitrogens with two attached hydrogens (primary N) is 1. The zero-order chi connectivity index (χ0) is 13.5. The third-order valence-corrected chi connectivity index (χ3v) is 2.44. The lowest BCUT2D eigenvalue weighted by atomic mass is 10.2. The molecule has 18 heavy (non-hydrogen) atoms. The van der Waals surface area contributed by atoms with Gasteiger partial charge in [-0.05, 0) is 18.6 Å². The fourth-order valence-electron chi connectivity index (χ4n) is 1.43. The molecule has 0 saturated carbocycles. The number of nitrogens with zero attached hydrogens (tertiary/aromatic N) is 1. The molecule has 98 valence electrons. The molecule has 0 atom stereocenters. The second-order valence-corrected chi connectivity index (χ2v) is 3.87. The number of anilines is 1. The lowest BCUT2D eigenvalue weighted by Gasteiger charge is -2.05. The van der Waals surface area contributed by atoms with Crippen molar-refractivity contribution in [1.82, 2.24) is 0 Å². The highest BCUT2D eigenvalue weighted by Gasteiger charge is 2.16. The van der Waals surface area contributed by atoms with Gasteiger partial charge < -0.3 is 10.5 Å². The maximum absolute atomic E-state index is 11.6. The van der Waals surface area contributed by atoms with E-state index in [1.165, 1.54) is 12.1 Å². The van der Waals surface area contributed by atoms with Crippen molar-refractivity contribution in [2.75, 3.05) is 12.3 Å².